The molecule has 0 radical (unpaired) electrons. The zero-order chi connectivity index (χ0) is 13.4. The lowest BCUT2D eigenvalue weighted by Gasteiger charge is -2.20. The number of Topliss-reactive ketones (excluding diaryl/α,β-unsaturated/α-hetero) is 1. The van der Waals surface area contributed by atoms with Crippen molar-refractivity contribution in [1.82, 2.24) is 4.57 Å². The molecule has 3 rings (SSSR count). The third-order valence-corrected chi connectivity index (χ3v) is 3.85. The van der Waals surface area contributed by atoms with E-state index in [1.165, 1.54) is 17.0 Å². The molecule has 1 heterocycles. The van der Waals surface area contributed by atoms with Crippen molar-refractivity contribution in [1.29, 1.82) is 0 Å². The van der Waals surface area contributed by atoms with Gasteiger partial charge in [-0.05, 0) is 38.3 Å². The molecule has 0 N–H and O–H groups in total. The van der Waals surface area contributed by atoms with Gasteiger partial charge < -0.3 is 4.57 Å². The molecule has 1 aliphatic carbocycles. The molecular formula is C17H19NO. The van der Waals surface area contributed by atoms with Gasteiger partial charge in [-0.2, -0.15) is 0 Å². The van der Waals surface area contributed by atoms with E-state index in [4.69, 9.17) is 0 Å². The molecule has 0 atom stereocenters. The summed E-state index contributed by atoms with van der Waals surface area (Å²) in [7, 11) is 0. The van der Waals surface area contributed by atoms with Crippen LogP contribution in [0.15, 0.2) is 36.4 Å². The van der Waals surface area contributed by atoms with Crippen LogP contribution in [0.1, 0.15) is 48.8 Å². The molecule has 0 saturated carbocycles. The maximum atomic E-state index is 12.1. The Bertz CT molecular complexity index is 608. The summed E-state index contributed by atoms with van der Waals surface area (Å²) in [6, 6.07) is 12.8. The summed E-state index contributed by atoms with van der Waals surface area (Å²) in [5.41, 5.74) is 4.54. The predicted octanol–water partition coefficient (Wildman–Crippen LogP) is 4.26. The number of rotatable bonds is 2. The third kappa shape index (κ3) is 2.01. The Morgan fingerprint density at radius 1 is 1.11 bits per heavy atom. The first-order valence-corrected chi connectivity index (χ1v) is 7.01. The van der Waals surface area contributed by atoms with Crippen molar-refractivity contribution in [2.45, 2.75) is 39.2 Å². The smallest absolute Gasteiger partial charge is 0.164 e. The Morgan fingerprint density at radius 2 is 1.84 bits per heavy atom. The molecule has 1 aromatic heterocycles. The van der Waals surface area contributed by atoms with Gasteiger partial charge in [-0.3, -0.25) is 4.79 Å². The lowest BCUT2D eigenvalue weighted by Crippen LogP contribution is -2.14. The van der Waals surface area contributed by atoms with Gasteiger partial charge >= 0.3 is 0 Å². The van der Waals surface area contributed by atoms with Crippen LogP contribution < -0.4 is 0 Å². The maximum absolute atomic E-state index is 12.1. The van der Waals surface area contributed by atoms with Crippen molar-refractivity contribution >= 4 is 5.78 Å². The van der Waals surface area contributed by atoms with Crippen LogP contribution in [-0.2, 0) is 6.42 Å². The largest absolute Gasteiger partial charge is 0.341 e. The second-order valence-electron chi connectivity index (χ2n) is 5.50. The highest BCUT2D eigenvalue weighted by Gasteiger charge is 2.25. The fourth-order valence-corrected chi connectivity index (χ4v) is 3.03. The van der Waals surface area contributed by atoms with Gasteiger partial charge in [-0.25, -0.2) is 0 Å². The fourth-order valence-electron chi connectivity index (χ4n) is 3.03. The van der Waals surface area contributed by atoms with E-state index >= 15 is 0 Å². The average molecular weight is 253 g/mol. The van der Waals surface area contributed by atoms with Crippen LogP contribution in [0.25, 0.3) is 11.3 Å². The summed E-state index contributed by atoms with van der Waals surface area (Å²) in [4.78, 5) is 12.1. The molecule has 2 aromatic rings. The number of fused-ring (bicyclic) bond motifs is 1. The van der Waals surface area contributed by atoms with E-state index in [1.807, 2.05) is 18.2 Å². The molecule has 19 heavy (non-hydrogen) atoms. The van der Waals surface area contributed by atoms with Crippen molar-refractivity contribution in [3.8, 4) is 11.3 Å². The van der Waals surface area contributed by atoms with Crippen LogP contribution in [0.2, 0.25) is 0 Å². The van der Waals surface area contributed by atoms with Gasteiger partial charge in [0.1, 0.15) is 0 Å². The number of aromatic nitrogens is 1. The van der Waals surface area contributed by atoms with Crippen LogP contribution in [0.4, 0.5) is 0 Å². The lowest BCUT2D eigenvalue weighted by atomic mass is 9.96. The van der Waals surface area contributed by atoms with Crippen LogP contribution in [0.3, 0.4) is 0 Å². The molecule has 2 heteroatoms. The normalized spacial score (nSPS) is 14.8. The first-order chi connectivity index (χ1) is 9.18. The minimum Gasteiger partial charge on any atom is -0.341 e. The number of benzene rings is 1. The molecule has 2 nitrogen and oxygen atoms in total. The highest BCUT2D eigenvalue weighted by Crippen LogP contribution is 2.33. The summed E-state index contributed by atoms with van der Waals surface area (Å²) in [5, 5.41) is 0. The van der Waals surface area contributed by atoms with Gasteiger partial charge in [0, 0.05) is 29.4 Å². The molecule has 0 aliphatic heterocycles. The number of ketones is 1. The number of carbonyl (C=O) groups excluding carboxylic acids is 1. The van der Waals surface area contributed by atoms with Gasteiger partial charge in [-0.15, -0.1) is 0 Å². The van der Waals surface area contributed by atoms with E-state index in [1.54, 1.807) is 0 Å². The molecule has 0 saturated heterocycles. The molecule has 98 valence electrons. The standard InChI is InChI=1S/C17H19NO/c1-12(2)18-15-9-6-10-17(19)14(15)11-16(18)13-7-4-3-5-8-13/h3-5,7-8,11-12H,6,9-10H2,1-2H3. The first kappa shape index (κ1) is 12.2. The van der Waals surface area contributed by atoms with Crippen LogP contribution in [0.5, 0.6) is 0 Å². The van der Waals surface area contributed by atoms with Gasteiger partial charge in [0.25, 0.3) is 0 Å². The molecular weight excluding hydrogens is 234 g/mol. The van der Waals surface area contributed by atoms with Crippen molar-refractivity contribution in [3.05, 3.63) is 47.7 Å². The molecule has 1 aromatic carbocycles. The zero-order valence-corrected chi connectivity index (χ0v) is 11.5. The molecule has 0 unspecified atom stereocenters. The minimum atomic E-state index is 0.304. The SMILES string of the molecule is CC(C)n1c(-c2ccccc2)cc2c1CCCC2=O. The van der Waals surface area contributed by atoms with E-state index < -0.39 is 0 Å². The molecule has 0 spiro atoms. The predicted molar refractivity (Wildman–Crippen MR) is 77.5 cm³/mol. The van der Waals surface area contributed by atoms with Crippen LogP contribution in [0, 0.1) is 0 Å². The van der Waals surface area contributed by atoms with Gasteiger partial charge in [0.15, 0.2) is 5.78 Å². The Labute approximate surface area is 114 Å². The van der Waals surface area contributed by atoms with Crippen LogP contribution in [-0.4, -0.2) is 10.4 Å². The minimum absolute atomic E-state index is 0.304. The van der Waals surface area contributed by atoms with Crippen molar-refractivity contribution in [3.63, 3.8) is 0 Å². The fraction of sp³-hybridized carbons (Fsp3) is 0.353. The maximum Gasteiger partial charge on any atom is 0.164 e. The summed E-state index contributed by atoms with van der Waals surface area (Å²) in [6.45, 7) is 4.37. The number of carbonyl (C=O) groups is 1. The van der Waals surface area contributed by atoms with Gasteiger partial charge in [0.05, 0.1) is 0 Å². The Hall–Kier alpha value is -1.83. The zero-order valence-electron chi connectivity index (χ0n) is 11.5. The monoisotopic (exact) mass is 253 g/mol. The van der Waals surface area contributed by atoms with E-state index in [0.717, 1.165) is 18.4 Å². The quantitative estimate of drug-likeness (QED) is 0.784. The van der Waals surface area contributed by atoms with Crippen molar-refractivity contribution in [2.75, 3.05) is 0 Å². The van der Waals surface area contributed by atoms with Crippen LogP contribution >= 0.6 is 0 Å². The number of nitrogens with zero attached hydrogens (tertiary/aromatic N) is 1. The molecule has 1 aliphatic rings. The summed E-state index contributed by atoms with van der Waals surface area (Å²) in [5.74, 6) is 0.304. The highest BCUT2D eigenvalue weighted by atomic mass is 16.1. The molecule has 0 amide bonds. The lowest BCUT2D eigenvalue weighted by molar-refractivity contribution is 0.0971. The first-order valence-electron chi connectivity index (χ1n) is 7.01. The van der Waals surface area contributed by atoms with Crippen molar-refractivity contribution in [2.24, 2.45) is 0 Å². The Balaban J connectivity index is 2.22. The van der Waals surface area contributed by atoms with Crippen molar-refractivity contribution < 1.29 is 4.79 Å². The summed E-state index contributed by atoms with van der Waals surface area (Å²) < 4.78 is 2.34. The van der Waals surface area contributed by atoms with E-state index in [0.29, 0.717) is 18.2 Å². The second-order valence-corrected chi connectivity index (χ2v) is 5.50. The second kappa shape index (κ2) is 4.69. The summed E-state index contributed by atoms with van der Waals surface area (Å²) in [6.07, 6.45) is 2.70. The Morgan fingerprint density at radius 3 is 2.53 bits per heavy atom. The van der Waals surface area contributed by atoms with E-state index in [9.17, 15) is 4.79 Å². The number of hydrogen-bond acceptors (Lipinski definition) is 1. The van der Waals surface area contributed by atoms with Gasteiger partial charge in [0.2, 0.25) is 0 Å². The van der Waals surface area contributed by atoms with E-state index in [-0.39, 0.29) is 0 Å². The highest BCUT2D eigenvalue weighted by molar-refractivity contribution is 5.99. The molecule has 0 bridgehead atoms. The Kier molecular flexibility index (Phi) is 3.02. The number of hydrogen-bond donors (Lipinski definition) is 0. The van der Waals surface area contributed by atoms with Gasteiger partial charge in [-0.1, -0.05) is 30.3 Å². The third-order valence-electron chi connectivity index (χ3n) is 3.85. The summed E-state index contributed by atoms with van der Waals surface area (Å²) >= 11 is 0. The molecule has 0 fully saturated rings. The topological polar surface area (TPSA) is 22.0 Å². The van der Waals surface area contributed by atoms with E-state index in [2.05, 4.69) is 36.6 Å². The average Bonchev–Trinajstić information content (AvgIpc) is 2.81.